The summed E-state index contributed by atoms with van der Waals surface area (Å²) in [5, 5.41) is 4.98. The summed E-state index contributed by atoms with van der Waals surface area (Å²) < 4.78 is 6.11. The van der Waals surface area contributed by atoms with Crippen molar-refractivity contribution in [3.8, 4) is 0 Å². The summed E-state index contributed by atoms with van der Waals surface area (Å²) in [5.41, 5.74) is 2.38. The maximum atomic E-state index is 6.11. The number of rotatable bonds is 6. The first-order chi connectivity index (χ1) is 9.69. The maximum Gasteiger partial charge on any atom is 0.134 e. The Bertz CT molecular complexity index is 582. The Morgan fingerprint density at radius 2 is 2.00 bits per heavy atom. The lowest BCUT2D eigenvalue weighted by Crippen LogP contribution is -2.29. The Hall–Kier alpha value is -1.28. The summed E-state index contributed by atoms with van der Waals surface area (Å²) in [6, 6.07) is 9.22. The van der Waals surface area contributed by atoms with E-state index in [4.69, 9.17) is 4.42 Å². The molecular weight excluding hydrogens is 246 g/mol. The van der Waals surface area contributed by atoms with Gasteiger partial charge in [0.1, 0.15) is 11.3 Å². The Labute approximate surface area is 121 Å². The third-order valence-electron chi connectivity index (χ3n) is 4.39. The van der Waals surface area contributed by atoms with Crippen molar-refractivity contribution in [1.29, 1.82) is 0 Å². The number of para-hydroxylation sites is 1. The van der Waals surface area contributed by atoms with E-state index in [1.54, 1.807) is 0 Å². The summed E-state index contributed by atoms with van der Waals surface area (Å²) in [5.74, 6) is 2.09. The van der Waals surface area contributed by atoms with E-state index in [-0.39, 0.29) is 6.04 Å². The van der Waals surface area contributed by atoms with Gasteiger partial charge in [-0.3, -0.25) is 0 Å². The molecule has 2 atom stereocenters. The van der Waals surface area contributed by atoms with Crippen molar-refractivity contribution < 1.29 is 4.42 Å². The molecule has 20 heavy (non-hydrogen) atoms. The molecule has 1 aliphatic rings. The van der Waals surface area contributed by atoms with Crippen LogP contribution in [0.4, 0.5) is 0 Å². The topological polar surface area (TPSA) is 25.2 Å². The van der Waals surface area contributed by atoms with Crippen LogP contribution in [0.2, 0.25) is 0 Å². The van der Waals surface area contributed by atoms with Crippen LogP contribution in [0.15, 0.2) is 28.7 Å². The molecule has 3 rings (SSSR count). The zero-order valence-electron chi connectivity index (χ0n) is 12.8. The first-order valence-electron chi connectivity index (χ1n) is 7.95. The molecule has 0 amide bonds. The van der Waals surface area contributed by atoms with E-state index in [9.17, 15) is 0 Å². The van der Waals surface area contributed by atoms with Gasteiger partial charge in [-0.25, -0.2) is 0 Å². The van der Waals surface area contributed by atoms with Crippen LogP contribution in [0.1, 0.15) is 57.4 Å². The van der Waals surface area contributed by atoms with Crippen molar-refractivity contribution in [2.45, 2.75) is 58.5 Å². The Morgan fingerprint density at radius 3 is 2.70 bits per heavy atom. The number of hydrogen-bond donors (Lipinski definition) is 1. The van der Waals surface area contributed by atoms with Crippen LogP contribution in [-0.4, -0.2) is 6.04 Å². The third kappa shape index (κ3) is 2.76. The summed E-state index contributed by atoms with van der Waals surface area (Å²) in [4.78, 5) is 0. The predicted molar refractivity (Wildman–Crippen MR) is 83.9 cm³/mol. The molecule has 2 nitrogen and oxygen atoms in total. The lowest BCUT2D eigenvalue weighted by atomic mass is 10.0. The Morgan fingerprint density at radius 1 is 1.25 bits per heavy atom. The highest BCUT2D eigenvalue weighted by molar-refractivity contribution is 5.82. The van der Waals surface area contributed by atoms with Gasteiger partial charge < -0.3 is 9.73 Å². The lowest BCUT2D eigenvalue weighted by molar-refractivity contribution is 0.388. The fourth-order valence-corrected chi connectivity index (χ4v) is 3.26. The quantitative estimate of drug-likeness (QED) is 0.813. The van der Waals surface area contributed by atoms with E-state index < -0.39 is 0 Å². The molecular formula is C18H25NO. The summed E-state index contributed by atoms with van der Waals surface area (Å²) in [6.45, 7) is 6.73. The average molecular weight is 271 g/mol. The fraction of sp³-hybridized carbons (Fsp3) is 0.556. The minimum Gasteiger partial charge on any atom is -0.459 e. The molecule has 2 aromatic rings. The highest BCUT2D eigenvalue weighted by Crippen LogP contribution is 2.35. The van der Waals surface area contributed by atoms with Gasteiger partial charge in [-0.2, -0.15) is 0 Å². The standard InChI is InChI=1S/C18H25NO/c1-4-15-16-7-5-6-8-17(16)20-18(15)13(3)19-12(2)11-14-9-10-14/h5-8,12-14,19H,4,9-11H2,1-3H3. The van der Waals surface area contributed by atoms with Crippen LogP contribution in [0.25, 0.3) is 11.0 Å². The SMILES string of the molecule is CCc1c(C(C)NC(C)CC2CC2)oc2ccccc12. The molecule has 2 unspecified atom stereocenters. The van der Waals surface area contributed by atoms with Crippen LogP contribution >= 0.6 is 0 Å². The van der Waals surface area contributed by atoms with Crippen molar-refractivity contribution in [3.63, 3.8) is 0 Å². The fourth-order valence-electron chi connectivity index (χ4n) is 3.26. The van der Waals surface area contributed by atoms with E-state index in [2.05, 4.69) is 44.3 Å². The molecule has 0 bridgehead atoms. The van der Waals surface area contributed by atoms with Crippen molar-refractivity contribution in [2.75, 3.05) is 0 Å². The number of aryl methyl sites for hydroxylation is 1. The molecule has 1 aromatic carbocycles. The van der Waals surface area contributed by atoms with Crippen molar-refractivity contribution >= 4 is 11.0 Å². The van der Waals surface area contributed by atoms with Gasteiger partial charge in [0.25, 0.3) is 0 Å². The second kappa shape index (κ2) is 5.61. The molecule has 0 radical (unpaired) electrons. The predicted octanol–water partition coefficient (Wildman–Crippen LogP) is 4.83. The first-order valence-corrected chi connectivity index (χ1v) is 7.95. The van der Waals surface area contributed by atoms with E-state index in [0.29, 0.717) is 6.04 Å². The van der Waals surface area contributed by atoms with Gasteiger partial charge in [-0.1, -0.05) is 38.0 Å². The van der Waals surface area contributed by atoms with E-state index in [1.807, 2.05) is 6.07 Å². The highest BCUT2D eigenvalue weighted by Gasteiger charge is 2.25. The minimum atomic E-state index is 0.283. The monoisotopic (exact) mass is 271 g/mol. The largest absolute Gasteiger partial charge is 0.459 e. The van der Waals surface area contributed by atoms with E-state index >= 15 is 0 Å². The first kappa shape index (κ1) is 13.7. The van der Waals surface area contributed by atoms with Gasteiger partial charge in [-0.15, -0.1) is 0 Å². The van der Waals surface area contributed by atoms with Crippen LogP contribution in [0.5, 0.6) is 0 Å². The minimum absolute atomic E-state index is 0.283. The normalized spacial score (nSPS) is 18.4. The van der Waals surface area contributed by atoms with Crippen LogP contribution in [0.3, 0.4) is 0 Å². The Kier molecular flexibility index (Phi) is 3.84. The molecule has 0 saturated heterocycles. The van der Waals surface area contributed by atoms with Gasteiger partial charge in [0, 0.05) is 17.0 Å². The second-order valence-electron chi connectivity index (χ2n) is 6.26. The second-order valence-corrected chi connectivity index (χ2v) is 6.26. The molecule has 1 saturated carbocycles. The van der Waals surface area contributed by atoms with Crippen molar-refractivity contribution in [2.24, 2.45) is 5.92 Å². The van der Waals surface area contributed by atoms with Crippen molar-refractivity contribution in [1.82, 2.24) is 5.32 Å². The van der Waals surface area contributed by atoms with Crippen molar-refractivity contribution in [3.05, 3.63) is 35.6 Å². The molecule has 0 spiro atoms. The molecule has 1 N–H and O–H groups in total. The zero-order valence-corrected chi connectivity index (χ0v) is 12.8. The van der Waals surface area contributed by atoms with Gasteiger partial charge in [-0.05, 0) is 38.7 Å². The summed E-state index contributed by atoms with van der Waals surface area (Å²) in [7, 11) is 0. The maximum absolute atomic E-state index is 6.11. The average Bonchev–Trinajstić information content (AvgIpc) is 3.16. The molecule has 1 fully saturated rings. The molecule has 1 aliphatic carbocycles. The van der Waals surface area contributed by atoms with Crippen LogP contribution in [0, 0.1) is 5.92 Å². The number of fused-ring (bicyclic) bond motifs is 1. The number of furan rings is 1. The van der Waals surface area contributed by atoms with E-state index in [0.717, 1.165) is 23.7 Å². The smallest absolute Gasteiger partial charge is 0.134 e. The molecule has 2 heteroatoms. The van der Waals surface area contributed by atoms with Crippen LogP contribution < -0.4 is 5.32 Å². The van der Waals surface area contributed by atoms with Gasteiger partial charge in [0.2, 0.25) is 0 Å². The number of nitrogens with one attached hydrogen (secondary N) is 1. The van der Waals surface area contributed by atoms with E-state index in [1.165, 1.54) is 30.2 Å². The molecule has 1 heterocycles. The molecule has 108 valence electrons. The molecule has 0 aliphatic heterocycles. The third-order valence-corrected chi connectivity index (χ3v) is 4.39. The Balaban J connectivity index is 1.80. The highest BCUT2D eigenvalue weighted by atomic mass is 16.3. The van der Waals surface area contributed by atoms with Gasteiger partial charge in [0.05, 0.1) is 6.04 Å². The number of hydrogen-bond acceptors (Lipinski definition) is 2. The lowest BCUT2D eigenvalue weighted by Gasteiger charge is -2.19. The number of benzene rings is 1. The summed E-state index contributed by atoms with van der Waals surface area (Å²) in [6.07, 6.45) is 5.16. The molecule has 1 aromatic heterocycles. The van der Waals surface area contributed by atoms with Gasteiger partial charge in [0.15, 0.2) is 0 Å². The zero-order chi connectivity index (χ0) is 14.1. The van der Waals surface area contributed by atoms with Crippen LogP contribution in [-0.2, 0) is 6.42 Å². The summed E-state index contributed by atoms with van der Waals surface area (Å²) >= 11 is 0. The van der Waals surface area contributed by atoms with Gasteiger partial charge >= 0.3 is 0 Å².